The van der Waals surface area contributed by atoms with Crippen LogP contribution in [0.1, 0.15) is 21.5 Å². The van der Waals surface area contributed by atoms with Gasteiger partial charge in [-0.1, -0.05) is 30.3 Å². The Bertz CT molecular complexity index is 1020. The number of nitrogens with zero attached hydrogens (tertiary/aromatic N) is 2. The number of para-hydroxylation sites is 1. The SMILES string of the molecule is Cc1cccc(C)c1NC(=O)CN(C)C(=O)COC(=O)c1ccccc1SCC(=O)N(C)C. The van der Waals surface area contributed by atoms with E-state index in [1.54, 1.807) is 38.4 Å². The fraction of sp³-hybridized carbons (Fsp3) is 0.333. The van der Waals surface area contributed by atoms with E-state index in [1.165, 1.54) is 28.6 Å². The highest BCUT2D eigenvalue weighted by Crippen LogP contribution is 2.23. The van der Waals surface area contributed by atoms with E-state index in [1.807, 2.05) is 32.0 Å². The summed E-state index contributed by atoms with van der Waals surface area (Å²) in [6, 6.07) is 12.4. The topological polar surface area (TPSA) is 96.0 Å². The molecule has 2 rings (SSSR count). The first-order valence-electron chi connectivity index (χ1n) is 10.3. The number of carbonyl (C=O) groups is 4. The number of hydrogen-bond acceptors (Lipinski definition) is 6. The van der Waals surface area contributed by atoms with E-state index in [0.717, 1.165) is 16.8 Å². The Morgan fingerprint density at radius 2 is 1.55 bits per heavy atom. The van der Waals surface area contributed by atoms with Gasteiger partial charge in [-0.25, -0.2) is 4.79 Å². The summed E-state index contributed by atoms with van der Waals surface area (Å²) in [5.41, 5.74) is 2.85. The Labute approximate surface area is 198 Å². The molecule has 1 N–H and O–H groups in total. The van der Waals surface area contributed by atoms with Crippen molar-refractivity contribution in [3.8, 4) is 0 Å². The van der Waals surface area contributed by atoms with Crippen molar-refractivity contribution in [2.45, 2.75) is 18.7 Å². The number of aryl methyl sites for hydroxylation is 2. The number of amides is 3. The molecular formula is C24H29N3O5S. The molecule has 0 spiro atoms. The van der Waals surface area contributed by atoms with Crippen molar-refractivity contribution in [1.29, 1.82) is 0 Å². The van der Waals surface area contributed by atoms with E-state index in [9.17, 15) is 19.2 Å². The van der Waals surface area contributed by atoms with E-state index in [0.29, 0.717) is 4.90 Å². The van der Waals surface area contributed by atoms with Crippen molar-refractivity contribution in [3.63, 3.8) is 0 Å². The molecule has 33 heavy (non-hydrogen) atoms. The Kier molecular flexibility index (Phi) is 9.47. The maximum Gasteiger partial charge on any atom is 0.339 e. The molecule has 0 atom stereocenters. The van der Waals surface area contributed by atoms with Gasteiger partial charge >= 0.3 is 5.97 Å². The molecule has 2 aromatic rings. The minimum absolute atomic E-state index is 0.0841. The second kappa shape index (κ2) is 12.1. The molecular weight excluding hydrogens is 442 g/mol. The first-order chi connectivity index (χ1) is 15.6. The van der Waals surface area contributed by atoms with Gasteiger partial charge in [-0.15, -0.1) is 11.8 Å². The predicted molar refractivity (Wildman–Crippen MR) is 128 cm³/mol. The molecule has 0 aromatic heterocycles. The fourth-order valence-electron chi connectivity index (χ4n) is 2.84. The van der Waals surface area contributed by atoms with E-state index in [-0.39, 0.29) is 29.7 Å². The zero-order valence-electron chi connectivity index (χ0n) is 19.5. The molecule has 0 bridgehead atoms. The van der Waals surface area contributed by atoms with Gasteiger partial charge in [0.2, 0.25) is 11.8 Å². The van der Waals surface area contributed by atoms with Crippen LogP contribution in [0.2, 0.25) is 0 Å². The Morgan fingerprint density at radius 1 is 0.909 bits per heavy atom. The Hall–Kier alpha value is -3.33. The van der Waals surface area contributed by atoms with Crippen LogP contribution in [-0.4, -0.2) is 73.5 Å². The van der Waals surface area contributed by atoms with E-state index in [2.05, 4.69) is 5.32 Å². The summed E-state index contributed by atoms with van der Waals surface area (Å²) in [6.45, 7) is 3.11. The molecule has 176 valence electrons. The zero-order chi connectivity index (χ0) is 24.5. The summed E-state index contributed by atoms with van der Waals surface area (Å²) in [6.07, 6.45) is 0. The van der Waals surface area contributed by atoms with Gasteiger partial charge in [-0.2, -0.15) is 0 Å². The number of esters is 1. The molecule has 3 amide bonds. The standard InChI is InChI=1S/C24H29N3O5S/c1-16-9-8-10-17(2)23(16)25-20(28)13-27(5)21(29)14-32-24(31)18-11-6-7-12-19(18)33-15-22(30)26(3)4/h6-12H,13-15H2,1-5H3,(H,25,28). The highest BCUT2D eigenvalue weighted by atomic mass is 32.2. The third-order valence-corrected chi connectivity index (χ3v) is 5.89. The quantitative estimate of drug-likeness (QED) is 0.446. The maximum atomic E-state index is 12.5. The van der Waals surface area contributed by atoms with E-state index in [4.69, 9.17) is 4.74 Å². The third kappa shape index (κ3) is 7.64. The van der Waals surface area contributed by atoms with E-state index < -0.39 is 18.5 Å². The Morgan fingerprint density at radius 3 is 2.18 bits per heavy atom. The van der Waals surface area contributed by atoms with Gasteiger partial charge in [0, 0.05) is 31.7 Å². The third-order valence-electron chi connectivity index (χ3n) is 4.84. The van der Waals surface area contributed by atoms with Crippen LogP contribution < -0.4 is 5.32 Å². The normalized spacial score (nSPS) is 10.3. The summed E-state index contributed by atoms with van der Waals surface area (Å²) < 4.78 is 5.17. The number of rotatable bonds is 9. The lowest BCUT2D eigenvalue weighted by Gasteiger charge is -2.18. The summed E-state index contributed by atoms with van der Waals surface area (Å²) in [5, 5.41) is 2.82. The van der Waals surface area contributed by atoms with Crippen LogP contribution in [0.5, 0.6) is 0 Å². The molecule has 0 aliphatic heterocycles. The number of anilines is 1. The van der Waals surface area contributed by atoms with Crippen molar-refractivity contribution in [2.75, 3.05) is 45.4 Å². The first-order valence-corrected chi connectivity index (χ1v) is 11.3. The number of hydrogen-bond donors (Lipinski definition) is 1. The summed E-state index contributed by atoms with van der Waals surface area (Å²) in [4.78, 5) is 52.4. The molecule has 0 saturated carbocycles. The number of carbonyl (C=O) groups excluding carboxylic acids is 4. The second-order valence-electron chi connectivity index (χ2n) is 7.71. The lowest BCUT2D eigenvalue weighted by atomic mass is 10.1. The monoisotopic (exact) mass is 471 g/mol. The van der Waals surface area contributed by atoms with Crippen molar-refractivity contribution in [3.05, 3.63) is 59.2 Å². The van der Waals surface area contributed by atoms with Crippen LogP contribution in [-0.2, 0) is 19.1 Å². The average molecular weight is 472 g/mol. The van der Waals surface area contributed by atoms with Crippen LogP contribution in [0, 0.1) is 13.8 Å². The lowest BCUT2D eigenvalue weighted by molar-refractivity contribution is -0.136. The molecule has 0 radical (unpaired) electrons. The van der Waals surface area contributed by atoms with Crippen LogP contribution >= 0.6 is 11.8 Å². The highest BCUT2D eigenvalue weighted by molar-refractivity contribution is 8.00. The van der Waals surface area contributed by atoms with E-state index >= 15 is 0 Å². The molecule has 8 nitrogen and oxygen atoms in total. The largest absolute Gasteiger partial charge is 0.452 e. The molecule has 0 aliphatic carbocycles. The van der Waals surface area contributed by atoms with Crippen LogP contribution in [0.15, 0.2) is 47.4 Å². The molecule has 0 saturated heterocycles. The smallest absolute Gasteiger partial charge is 0.339 e. The highest BCUT2D eigenvalue weighted by Gasteiger charge is 2.19. The van der Waals surface area contributed by atoms with Gasteiger partial charge in [0.1, 0.15) is 0 Å². The first kappa shape index (κ1) is 25.9. The van der Waals surface area contributed by atoms with Gasteiger partial charge in [-0.05, 0) is 37.1 Å². The maximum absolute atomic E-state index is 12.5. The number of thioether (sulfide) groups is 1. The Balaban J connectivity index is 1.90. The number of ether oxygens (including phenoxy) is 1. The summed E-state index contributed by atoms with van der Waals surface area (Å²) in [5.74, 6) is -1.43. The van der Waals surface area contributed by atoms with Gasteiger partial charge < -0.3 is 19.9 Å². The molecule has 9 heteroatoms. The molecule has 0 aliphatic rings. The minimum atomic E-state index is -0.669. The van der Waals surface area contributed by atoms with Gasteiger partial charge in [0.25, 0.3) is 5.91 Å². The lowest BCUT2D eigenvalue weighted by Crippen LogP contribution is -2.37. The molecule has 2 aromatic carbocycles. The number of benzene rings is 2. The van der Waals surface area contributed by atoms with Gasteiger partial charge in [0.05, 0.1) is 17.9 Å². The molecule has 0 unspecified atom stereocenters. The van der Waals surface area contributed by atoms with Crippen molar-refractivity contribution >= 4 is 41.1 Å². The van der Waals surface area contributed by atoms with Crippen molar-refractivity contribution in [2.24, 2.45) is 0 Å². The molecule has 0 fully saturated rings. The second-order valence-corrected chi connectivity index (χ2v) is 8.73. The summed E-state index contributed by atoms with van der Waals surface area (Å²) >= 11 is 1.22. The van der Waals surface area contributed by atoms with Crippen molar-refractivity contribution in [1.82, 2.24) is 9.80 Å². The average Bonchev–Trinajstić information content (AvgIpc) is 2.78. The zero-order valence-corrected chi connectivity index (χ0v) is 20.3. The van der Waals surface area contributed by atoms with Crippen LogP contribution in [0.3, 0.4) is 0 Å². The number of likely N-dealkylation sites (N-methyl/N-ethyl adjacent to an activating group) is 1. The van der Waals surface area contributed by atoms with Gasteiger partial charge in [0.15, 0.2) is 6.61 Å². The van der Waals surface area contributed by atoms with Crippen LogP contribution in [0.25, 0.3) is 0 Å². The summed E-state index contributed by atoms with van der Waals surface area (Å²) in [7, 11) is 4.79. The van der Waals surface area contributed by atoms with Crippen molar-refractivity contribution < 1.29 is 23.9 Å². The van der Waals surface area contributed by atoms with Crippen LogP contribution in [0.4, 0.5) is 5.69 Å². The minimum Gasteiger partial charge on any atom is -0.452 e. The molecule has 0 heterocycles. The predicted octanol–water partition coefficient (Wildman–Crippen LogP) is 2.74. The fourth-order valence-corrected chi connectivity index (χ4v) is 3.86. The van der Waals surface area contributed by atoms with Gasteiger partial charge in [-0.3, -0.25) is 14.4 Å². The number of nitrogens with one attached hydrogen (secondary N) is 1.